The van der Waals surface area contributed by atoms with E-state index in [0.717, 1.165) is 0 Å². The van der Waals surface area contributed by atoms with Gasteiger partial charge in [0.05, 0.1) is 30.9 Å². The van der Waals surface area contributed by atoms with Crippen molar-refractivity contribution in [1.82, 2.24) is 10.3 Å². The second-order valence-electron chi connectivity index (χ2n) is 8.51. The fraction of sp³-hybridized carbons (Fsp3) is 0.286. The minimum absolute atomic E-state index is 0.0264. The van der Waals surface area contributed by atoms with E-state index in [1.165, 1.54) is 24.3 Å². The standard InChI is InChI=1S/C28H27FN2O6/c1-4-35-26(33)19-13-18(14-20(15-19)27(34)36-5-2)25(32)31-28(21-9-8-17(3)22(29)16-21)10-12-37-23-7-6-11-30-24(23)28/h6-9,11,13-16H,4-5,10,12H2,1-3H3,(H,31,32)/t28-/m0/s1. The molecule has 1 amide bonds. The molecule has 0 spiro atoms. The molecule has 0 fully saturated rings. The van der Waals surface area contributed by atoms with Gasteiger partial charge in [-0.2, -0.15) is 0 Å². The Labute approximate surface area is 213 Å². The number of rotatable bonds is 7. The minimum Gasteiger partial charge on any atom is -0.491 e. The molecule has 1 N–H and O–H groups in total. The molecular weight excluding hydrogens is 479 g/mol. The van der Waals surface area contributed by atoms with Crippen LogP contribution in [0.3, 0.4) is 0 Å². The average molecular weight is 507 g/mol. The van der Waals surface area contributed by atoms with Crippen molar-refractivity contribution in [2.24, 2.45) is 0 Å². The minimum atomic E-state index is -1.23. The zero-order chi connectivity index (χ0) is 26.6. The van der Waals surface area contributed by atoms with E-state index in [-0.39, 0.29) is 42.9 Å². The van der Waals surface area contributed by atoms with E-state index < -0.39 is 29.2 Å². The first-order valence-corrected chi connectivity index (χ1v) is 12.0. The zero-order valence-electron chi connectivity index (χ0n) is 20.8. The van der Waals surface area contributed by atoms with Gasteiger partial charge in [-0.15, -0.1) is 0 Å². The van der Waals surface area contributed by atoms with Crippen LogP contribution in [0.1, 0.15) is 68.2 Å². The molecule has 0 radical (unpaired) electrons. The topological polar surface area (TPSA) is 104 Å². The summed E-state index contributed by atoms with van der Waals surface area (Å²) in [5.41, 5.74) is 0.218. The lowest BCUT2D eigenvalue weighted by molar-refractivity contribution is 0.0525. The lowest BCUT2D eigenvalue weighted by atomic mass is 9.80. The van der Waals surface area contributed by atoms with Gasteiger partial charge < -0.3 is 19.5 Å². The number of carbonyl (C=O) groups excluding carboxylic acids is 3. The molecule has 8 nitrogen and oxygen atoms in total. The fourth-order valence-electron chi connectivity index (χ4n) is 4.28. The maximum Gasteiger partial charge on any atom is 0.338 e. The third kappa shape index (κ3) is 5.16. The van der Waals surface area contributed by atoms with E-state index in [2.05, 4.69) is 10.3 Å². The van der Waals surface area contributed by atoms with E-state index in [1.807, 2.05) is 0 Å². The van der Waals surface area contributed by atoms with Crippen LogP contribution in [0.5, 0.6) is 5.75 Å². The summed E-state index contributed by atoms with van der Waals surface area (Å²) in [7, 11) is 0. The number of amides is 1. The van der Waals surface area contributed by atoms with Crippen LogP contribution in [-0.4, -0.2) is 42.7 Å². The van der Waals surface area contributed by atoms with Crippen molar-refractivity contribution < 1.29 is 33.0 Å². The Morgan fingerprint density at radius 3 is 2.27 bits per heavy atom. The summed E-state index contributed by atoms with van der Waals surface area (Å²) in [6.07, 6.45) is 1.84. The van der Waals surface area contributed by atoms with Crippen LogP contribution >= 0.6 is 0 Å². The van der Waals surface area contributed by atoms with Gasteiger partial charge in [0, 0.05) is 18.2 Å². The largest absolute Gasteiger partial charge is 0.491 e. The first-order valence-electron chi connectivity index (χ1n) is 12.0. The molecule has 0 aliphatic carbocycles. The molecule has 1 atom stereocenters. The molecule has 0 unspecified atom stereocenters. The lowest BCUT2D eigenvalue weighted by Gasteiger charge is -2.39. The number of aromatic nitrogens is 1. The number of aryl methyl sites for hydroxylation is 1. The second kappa shape index (κ2) is 10.8. The molecule has 1 aromatic heterocycles. The number of fused-ring (bicyclic) bond motifs is 1. The third-order valence-corrected chi connectivity index (χ3v) is 6.12. The van der Waals surface area contributed by atoms with Crippen LogP contribution in [0, 0.1) is 12.7 Å². The first-order chi connectivity index (χ1) is 17.8. The summed E-state index contributed by atoms with van der Waals surface area (Å²) >= 11 is 0. The molecule has 37 heavy (non-hydrogen) atoms. The molecule has 1 aliphatic heterocycles. The number of carbonyl (C=O) groups is 3. The number of hydrogen-bond acceptors (Lipinski definition) is 7. The van der Waals surface area contributed by atoms with Crippen molar-refractivity contribution in [1.29, 1.82) is 0 Å². The smallest absolute Gasteiger partial charge is 0.338 e. The van der Waals surface area contributed by atoms with Gasteiger partial charge in [-0.05, 0) is 68.3 Å². The number of benzene rings is 2. The molecular formula is C28H27FN2O6. The van der Waals surface area contributed by atoms with Gasteiger partial charge >= 0.3 is 11.9 Å². The SMILES string of the molecule is CCOC(=O)c1cc(C(=O)N[C@]2(c3ccc(C)c(F)c3)CCOc3cccnc32)cc(C(=O)OCC)c1. The fourth-order valence-corrected chi connectivity index (χ4v) is 4.28. The maximum atomic E-state index is 14.7. The molecule has 1 aliphatic rings. The van der Waals surface area contributed by atoms with Crippen LogP contribution in [0.2, 0.25) is 0 Å². The maximum absolute atomic E-state index is 14.7. The molecule has 2 aromatic carbocycles. The Hall–Kier alpha value is -4.27. The molecule has 192 valence electrons. The number of esters is 2. The first kappa shape index (κ1) is 25.8. The third-order valence-electron chi connectivity index (χ3n) is 6.12. The molecule has 3 aromatic rings. The van der Waals surface area contributed by atoms with Crippen molar-refractivity contribution in [2.45, 2.75) is 32.7 Å². The Balaban J connectivity index is 1.83. The number of halogens is 1. The lowest BCUT2D eigenvalue weighted by Crippen LogP contribution is -2.50. The van der Waals surface area contributed by atoms with E-state index in [4.69, 9.17) is 14.2 Å². The highest BCUT2D eigenvalue weighted by molar-refractivity contribution is 6.02. The Morgan fingerprint density at radius 1 is 1.00 bits per heavy atom. The van der Waals surface area contributed by atoms with Gasteiger partial charge in [0.1, 0.15) is 22.8 Å². The number of hydrogen-bond donors (Lipinski definition) is 1. The predicted molar refractivity (Wildman–Crippen MR) is 132 cm³/mol. The summed E-state index contributed by atoms with van der Waals surface area (Å²) in [6, 6.07) is 12.2. The van der Waals surface area contributed by atoms with E-state index >= 15 is 0 Å². The van der Waals surface area contributed by atoms with Gasteiger partial charge in [-0.25, -0.2) is 14.0 Å². The van der Waals surface area contributed by atoms with Crippen LogP contribution in [0.4, 0.5) is 4.39 Å². The highest BCUT2D eigenvalue weighted by Crippen LogP contribution is 2.41. The molecule has 0 saturated carbocycles. The Morgan fingerprint density at radius 2 is 1.65 bits per heavy atom. The van der Waals surface area contributed by atoms with Crippen molar-refractivity contribution in [3.05, 3.63) is 94.1 Å². The molecule has 2 heterocycles. The highest BCUT2D eigenvalue weighted by Gasteiger charge is 2.43. The predicted octanol–water partition coefficient (Wildman–Crippen LogP) is 4.34. The summed E-state index contributed by atoms with van der Waals surface area (Å²) in [6.45, 7) is 5.44. The van der Waals surface area contributed by atoms with Gasteiger partial charge in [-0.1, -0.05) is 12.1 Å². The van der Waals surface area contributed by atoms with Gasteiger partial charge in [0.2, 0.25) is 0 Å². The summed E-state index contributed by atoms with van der Waals surface area (Å²) in [5.74, 6) is -1.94. The molecule has 9 heteroatoms. The summed E-state index contributed by atoms with van der Waals surface area (Å²) < 4.78 is 30.6. The van der Waals surface area contributed by atoms with Crippen LogP contribution in [0.15, 0.2) is 54.7 Å². The van der Waals surface area contributed by atoms with E-state index in [9.17, 15) is 18.8 Å². The summed E-state index contributed by atoms with van der Waals surface area (Å²) in [4.78, 5) is 43.2. The highest BCUT2D eigenvalue weighted by atomic mass is 19.1. The van der Waals surface area contributed by atoms with Crippen LogP contribution in [-0.2, 0) is 15.0 Å². The second-order valence-corrected chi connectivity index (χ2v) is 8.51. The van der Waals surface area contributed by atoms with Crippen molar-refractivity contribution in [2.75, 3.05) is 19.8 Å². The van der Waals surface area contributed by atoms with E-state index in [0.29, 0.717) is 22.6 Å². The molecule has 0 saturated heterocycles. The van der Waals surface area contributed by atoms with E-state index in [1.54, 1.807) is 51.2 Å². The number of nitrogens with one attached hydrogen (secondary N) is 1. The Kier molecular flexibility index (Phi) is 7.52. The van der Waals surface area contributed by atoms with Gasteiger partial charge in [0.15, 0.2) is 0 Å². The summed E-state index contributed by atoms with van der Waals surface area (Å²) in [5, 5.41) is 3.01. The molecule has 0 bridgehead atoms. The number of ether oxygens (including phenoxy) is 3. The normalized spacial score (nSPS) is 16.2. The monoisotopic (exact) mass is 506 g/mol. The average Bonchev–Trinajstić information content (AvgIpc) is 2.90. The zero-order valence-corrected chi connectivity index (χ0v) is 20.8. The van der Waals surface area contributed by atoms with Crippen LogP contribution in [0.25, 0.3) is 0 Å². The molecule has 4 rings (SSSR count). The Bertz CT molecular complexity index is 1320. The van der Waals surface area contributed by atoms with Crippen molar-refractivity contribution in [3.63, 3.8) is 0 Å². The van der Waals surface area contributed by atoms with Gasteiger partial charge in [-0.3, -0.25) is 9.78 Å². The quantitative estimate of drug-likeness (QED) is 0.476. The number of nitrogens with zero attached hydrogens (tertiary/aromatic N) is 1. The van der Waals surface area contributed by atoms with Gasteiger partial charge in [0.25, 0.3) is 5.91 Å². The van der Waals surface area contributed by atoms with Crippen molar-refractivity contribution >= 4 is 17.8 Å². The van der Waals surface area contributed by atoms with Crippen LogP contribution < -0.4 is 10.1 Å². The van der Waals surface area contributed by atoms with Crippen molar-refractivity contribution in [3.8, 4) is 5.75 Å². The number of pyridine rings is 1.